The SMILES string of the molecule is O=C(CCCl)N1CCC(c2noc3ccc(F)cc23)CC1. The first-order chi connectivity index (χ1) is 10.2. The van der Waals surface area contributed by atoms with Crippen molar-refractivity contribution < 1.29 is 13.7 Å². The quantitative estimate of drug-likeness (QED) is 0.817. The average molecular weight is 311 g/mol. The van der Waals surface area contributed by atoms with E-state index in [-0.39, 0.29) is 17.6 Å². The lowest BCUT2D eigenvalue weighted by Crippen LogP contribution is -2.38. The summed E-state index contributed by atoms with van der Waals surface area (Å²) in [5.74, 6) is 0.362. The first kappa shape index (κ1) is 14.3. The van der Waals surface area contributed by atoms with Gasteiger partial charge in [-0.1, -0.05) is 5.16 Å². The molecule has 2 aromatic rings. The van der Waals surface area contributed by atoms with Gasteiger partial charge in [-0.2, -0.15) is 0 Å². The maximum Gasteiger partial charge on any atom is 0.223 e. The van der Waals surface area contributed by atoms with Crippen LogP contribution in [-0.4, -0.2) is 34.9 Å². The Morgan fingerprint density at radius 3 is 2.90 bits per heavy atom. The predicted molar refractivity (Wildman–Crippen MR) is 77.9 cm³/mol. The monoisotopic (exact) mass is 310 g/mol. The van der Waals surface area contributed by atoms with E-state index in [0.29, 0.717) is 31.0 Å². The standard InChI is InChI=1S/C15H16ClFN2O2/c16-6-3-14(20)19-7-4-10(5-8-19)15-12-9-11(17)1-2-13(12)21-18-15/h1-2,9-10H,3-8H2. The zero-order chi connectivity index (χ0) is 14.8. The molecule has 1 aliphatic heterocycles. The number of hydrogen-bond acceptors (Lipinski definition) is 3. The van der Waals surface area contributed by atoms with Gasteiger partial charge in [-0.05, 0) is 31.0 Å². The largest absolute Gasteiger partial charge is 0.356 e. The lowest BCUT2D eigenvalue weighted by molar-refractivity contribution is -0.131. The fourth-order valence-electron chi connectivity index (χ4n) is 2.87. The smallest absolute Gasteiger partial charge is 0.223 e. The molecular weight excluding hydrogens is 295 g/mol. The zero-order valence-electron chi connectivity index (χ0n) is 11.5. The molecule has 0 saturated carbocycles. The molecule has 4 nitrogen and oxygen atoms in total. The second kappa shape index (κ2) is 6.02. The van der Waals surface area contributed by atoms with Crippen molar-refractivity contribution in [1.82, 2.24) is 10.1 Å². The molecule has 3 rings (SSSR count). The van der Waals surface area contributed by atoms with E-state index in [1.807, 2.05) is 4.90 Å². The van der Waals surface area contributed by atoms with Crippen LogP contribution in [0.3, 0.4) is 0 Å². The molecule has 1 saturated heterocycles. The van der Waals surface area contributed by atoms with Gasteiger partial charge in [-0.3, -0.25) is 4.79 Å². The second-order valence-electron chi connectivity index (χ2n) is 5.30. The Bertz CT molecular complexity index is 650. The van der Waals surface area contributed by atoms with E-state index in [1.54, 1.807) is 6.07 Å². The van der Waals surface area contributed by atoms with Crippen LogP contribution in [-0.2, 0) is 4.79 Å². The number of carbonyl (C=O) groups excluding carboxylic acids is 1. The maximum atomic E-state index is 13.4. The van der Waals surface area contributed by atoms with Crippen LogP contribution >= 0.6 is 11.6 Å². The van der Waals surface area contributed by atoms with Crippen molar-refractivity contribution in [1.29, 1.82) is 0 Å². The Labute approximate surface area is 126 Å². The first-order valence-electron chi connectivity index (χ1n) is 7.07. The number of hydrogen-bond donors (Lipinski definition) is 0. The van der Waals surface area contributed by atoms with E-state index in [1.165, 1.54) is 12.1 Å². The highest BCUT2D eigenvalue weighted by molar-refractivity contribution is 6.18. The van der Waals surface area contributed by atoms with Gasteiger partial charge in [-0.25, -0.2) is 4.39 Å². The molecule has 0 atom stereocenters. The van der Waals surface area contributed by atoms with Crippen LogP contribution < -0.4 is 0 Å². The summed E-state index contributed by atoms with van der Waals surface area (Å²) in [7, 11) is 0. The van der Waals surface area contributed by atoms with Crippen molar-refractivity contribution in [2.24, 2.45) is 0 Å². The molecule has 6 heteroatoms. The van der Waals surface area contributed by atoms with Crippen molar-refractivity contribution in [3.63, 3.8) is 0 Å². The molecule has 1 aromatic heterocycles. The number of rotatable bonds is 3. The Kier molecular flexibility index (Phi) is 4.10. The minimum absolute atomic E-state index is 0.0968. The number of carbonyl (C=O) groups is 1. The lowest BCUT2D eigenvalue weighted by atomic mass is 9.91. The van der Waals surface area contributed by atoms with Crippen molar-refractivity contribution in [3.05, 3.63) is 29.7 Å². The van der Waals surface area contributed by atoms with Gasteiger partial charge < -0.3 is 9.42 Å². The van der Waals surface area contributed by atoms with Gasteiger partial charge in [0.2, 0.25) is 5.91 Å². The van der Waals surface area contributed by atoms with Gasteiger partial charge in [0.25, 0.3) is 0 Å². The molecule has 0 N–H and O–H groups in total. The number of aromatic nitrogens is 1. The maximum absolute atomic E-state index is 13.4. The number of halogens is 2. The third-order valence-electron chi connectivity index (χ3n) is 4.00. The fourth-order valence-corrected chi connectivity index (χ4v) is 3.03. The van der Waals surface area contributed by atoms with E-state index in [0.717, 1.165) is 23.9 Å². The molecule has 1 aromatic carbocycles. The van der Waals surface area contributed by atoms with E-state index in [4.69, 9.17) is 16.1 Å². The summed E-state index contributed by atoms with van der Waals surface area (Å²) in [5.41, 5.74) is 1.40. The molecule has 112 valence electrons. The van der Waals surface area contributed by atoms with Gasteiger partial charge in [0, 0.05) is 36.7 Å². The molecule has 0 spiro atoms. The van der Waals surface area contributed by atoms with E-state index in [2.05, 4.69) is 5.16 Å². The zero-order valence-corrected chi connectivity index (χ0v) is 12.3. The Hall–Kier alpha value is -1.62. The third-order valence-corrected chi connectivity index (χ3v) is 4.19. The van der Waals surface area contributed by atoms with Gasteiger partial charge in [0.1, 0.15) is 5.82 Å². The number of amides is 1. The van der Waals surface area contributed by atoms with Crippen molar-refractivity contribution >= 4 is 28.5 Å². The minimum atomic E-state index is -0.290. The number of benzene rings is 1. The summed E-state index contributed by atoms with van der Waals surface area (Å²) in [5, 5.41) is 4.84. The number of nitrogens with zero attached hydrogens (tertiary/aromatic N) is 2. The highest BCUT2D eigenvalue weighted by atomic mass is 35.5. The topological polar surface area (TPSA) is 46.3 Å². The Morgan fingerprint density at radius 1 is 1.43 bits per heavy atom. The Morgan fingerprint density at radius 2 is 2.19 bits per heavy atom. The molecule has 0 radical (unpaired) electrons. The number of alkyl halides is 1. The van der Waals surface area contributed by atoms with Crippen molar-refractivity contribution in [2.75, 3.05) is 19.0 Å². The van der Waals surface area contributed by atoms with Gasteiger partial charge in [0.15, 0.2) is 5.58 Å². The van der Waals surface area contributed by atoms with Crippen LogP contribution in [0.4, 0.5) is 4.39 Å². The van der Waals surface area contributed by atoms with Crippen LogP contribution in [0.2, 0.25) is 0 Å². The average Bonchev–Trinajstić information content (AvgIpc) is 2.90. The molecule has 0 unspecified atom stereocenters. The number of piperidine rings is 1. The van der Waals surface area contributed by atoms with E-state index >= 15 is 0 Å². The van der Waals surface area contributed by atoms with E-state index in [9.17, 15) is 9.18 Å². The van der Waals surface area contributed by atoms with Crippen LogP contribution in [0.15, 0.2) is 22.7 Å². The highest BCUT2D eigenvalue weighted by Crippen LogP contribution is 2.32. The van der Waals surface area contributed by atoms with Crippen LogP contribution in [0.5, 0.6) is 0 Å². The van der Waals surface area contributed by atoms with E-state index < -0.39 is 0 Å². The number of likely N-dealkylation sites (tertiary alicyclic amines) is 1. The van der Waals surface area contributed by atoms with Gasteiger partial charge >= 0.3 is 0 Å². The molecule has 2 heterocycles. The van der Waals surface area contributed by atoms with Crippen molar-refractivity contribution in [2.45, 2.75) is 25.2 Å². The molecule has 0 bridgehead atoms. The minimum Gasteiger partial charge on any atom is -0.356 e. The van der Waals surface area contributed by atoms with Gasteiger partial charge in [0.05, 0.1) is 5.69 Å². The summed E-state index contributed by atoms with van der Waals surface area (Å²) < 4.78 is 18.6. The van der Waals surface area contributed by atoms with Crippen molar-refractivity contribution in [3.8, 4) is 0 Å². The third kappa shape index (κ3) is 2.88. The molecular formula is C15H16ClFN2O2. The fraction of sp³-hybridized carbons (Fsp3) is 0.467. The molecule has 1 amide bonds. The molecule has 1 aliphatic rings. The van der Waals surface area contributed by atoms with Crippen LogP contribution in [0.1, 0.15) is 30.9 Å². The summed E-state index contributed by atoms with van der Waals surface area (Å²) in [6.07, 6.45) is 2.00. The Balaban J connectivity index is 1.74. The molecule has 1 fully saturated rings. The number of fused-ring (bicyclic) bond motifs is 1. The van der Waals surface area contributed by atoms with Crippen LogP contribution in [0, 0.1) is 5.82 Å². The van der Waals surface area contributed by atoms with Gasteiger partial charge in [-0.15, -0.1) is 11.6 Å². The highest BCUT2D eigenvalue weighted by Gasteiger charge is 2.27. The predicted octanol–water partition coefficient (Wildman–Crippen LogP) is 3.30. The summed E-state index contributed by atoms with van der Waals surface area (Å²) in [6.45, 7) is 1.37. The summed E-state index contributed by atoms with van der Waals surface area (Å²) in [6, 6.07) is 4.43. The van der Waals surface area contributed by atoms with Crippen LogP contribution in [0.25, 0.3) is 11.0 Å². The molecule has 0 aliphatic carbocycles. The molecule has 21 heavy (non-hydrogen) atoms. The normalized spacial score (nSPS) is 16.6. The summed E-state index contributed by atoms with van der Waals surface area (Å²) in [4.78, 5) is 13.6. The lowest BCUT2D eigenvalue weighted by Gasteiger charge is -2.31. The second-order valence-corrected chi connectivity index (χ2v) is 5.68. The first-order valence-corrected chi connectivity index (χ1v) is 7.61. The summed E-state index contributed by atoms with van der Waals surface area (Å²) >= 11 is 5.60.